The van der Waals surface area contributed by atoms with E-state index in [1.54, 1.807) is 0 Å². The van der Waals surface area contributed by atoms with Gasteiger partial charge in [0.1, 0.15) is 0 Å². The Morgan fingerprint density at radius 2 is 2.17 bits per heavy atom. The molecular formula is C14H19N3O. The fourth-order valence-electron chi connectivity index (χ4n) is 1.61. The molecule has 18 heavy (non-hydrogen) atoms. The summed E-state index contributed by atoms with van der Waals surface area (Å²) in [4.78, 5) is 11.0. The molecule has 0 heterocycles. The molecule has 0 aliphatic heterocycles. The van der Waals surface area contributed by atoms with Gasteiger partial charge in [0.25, 0.3) is 0 Å². The monoisotopic (exact) mass is 245 g/mol. The lowest BCUT2D eigenvalue weighted by Crippen LogP contribution is -2.23. The molecule has 1 aromatic rings. The summed E-state index contributed by atoms with van der Waals surface area (Å²) in [5, 5.41) is 14.8. The second-order valence-electron chi connectivity index (χ2n) is 4.47. The summed E-state index contributed by atoms with van der Waals surface area (Å²) in [7, 11) is 0. The van der Waals surface area contributed by atoms with Crippen molar-refractivity contribution >= 4 is 11.6 Å². The van der Waals surface area contributed by atoms with Crippen molar-refractivity contribution in [2.75, 3.05) is 11.9 Å². The summed E-state index contributed by atoms with van der Waals surface area (Å²) in [6.45, 7) is 6.06. The van der Waals surface area contributed by atoms with Crippen molar-refractivity contribution < 1.29 is 4.79 Å². The number of hydrogen-bond donors (Lipinski definition) is 2. The number of amides is 1. The lowest BCUT2D eigenvalue weighted by atomic mass is 10.1. The molecule has 0 saturated heterocycles. The second kappa shape index (κ2) is 6.77. The fraction of sp³-hybridized carbons (Fsp3) is 0.429. The van der Waals surface area contributed by atoms with Gasteiger partial charge in [-0.15, -0.1) is 0 Å². The molecule has 0 bridgehead atoms. The molecule has 96 valence electrons. The Kier molecular flexibility index (Phi) is 5.34. The van der Waals surface area contributed by atoms with Gasteiger partial charge in [-0.05, 0) is 31.5 Å². The molecule has 0 aromatic heterocycles. The number of carbonyl (C=O) groups excluding carboxylic acids is 1. The van der Waals surface area contributed by atoms with Crippen LogP contribution in [0.4, 0.5) is 5.69 Å². The molecule has 2 atom stereocenters. The summed E-state index contributed by atoms with van der Waals surface area (Å²) in [6, 6.07) is 10.0. The Morgan fingerprint density at radius 3 is 2.78 bits per heavy atom. The largest absolute Gasteiger partial charge is 0.326 e. The van der Waals surface area contributed by atoms with Gasteiger partial charge in [-0.3, -0.25) is 4.79 Å². The van der Waals surface area contributed by atoms with Gasteiger partial charge in [0, 0.05) is 25.2 Å². The molecule has 2 N–H and O–H groups in total. The van der Waals surface area contributed by atoms with Crippen LogP contribution in [0.2, 0.25) is 0 Å². The molecule has 4 nitrogen and oxygen atoms in total. The summed E-state index contributed by atoms with van der Waals surface area (Å²) < 4.78 is 0. The van der Waals surface area contributed by atoms with Crippen molar-refractivity contribution in [1.29, 1.82) is 5.26 Å². The van der Waals surface area contributed by atoms with Gasteiger partial charge in [-0.2, -0.15) is 5.26 Å². The maximum Gasteiger partial charge on any atom is 0.221 e. The zero-order chi connectivity index (χ0) is 13.5. The van der Waals surface area contributed by atoms with E-state index < -0.39 is 0 Å². The minimum Gasteiger partial charge on any atom is -0.326 e. The summed E-state index contributed by atoms with van der Waals surface area (Å²) in [6.07, 6.45) is 0. The van der Waals surface area contributed by atoms with E-state index in [1.165, 1.54) is 6.92 Å². The summed E-state index contributed by atoms with van der Waals surface area (Å²) in [5.41, 5.74) is 1.88. The molecule has 0 aliphatic carbocycles. The summed E-state index contributed by atoms with van der Waals surface area (Å²) >= 11 is 0. The lowest BCUT2D eigenvalue weighted by Gasteiger charge is -2.16. The quantitative estimate of drug-likeness (QED) is 0.837. The SMILES string of the molecule is CC(=O)Nc1cccc(C(C)NCC(C)C#N)c1. The van der Waals surface area contributed by atoms with E-state index in [0.29, 0.717) is 6.54 Å². The van der Waals surface area contributed by atoms with Crippen LogP contribution in [0, 0.1) is 17.2 Å². The van der Waals surface area contributed by atoms with E-state index in [4.69, 9.17) is 5.26 Å². The highest BCUT2D eigenvalue weighted by molar-refractivity contribution is 5.88. The Bertz CT molecular complexity index is 451. The number of rotatable bonds is 5. The molecule has 0 aliphatic rings. The zero-order valence-corrected chi connectivity index (χ0v) is 11.0. The molecule has 4 heteroatoms. The van der Waals surface area contributed by atoms with Crippen molar-refractivity contribution in [3.63, 3.8) is 0 Å². The Hall–Kier alpha value is -1.86. The van der Waals surface area contributed by atoms with Crippen LogP contribution in [0.25, 0.3) is 0 Å². The van der Waals surface area contributed by atoms with E-state index in [0.717, 1.165) is 11.3 Å². The number of benzene rings is 1. The van der Waals surface area contributed by atoms with Crippen LogP contribution in [0.5, 0.6) is 0 Å². The molecule has 0 saturated carbocycles. The van der Waals surface area contributed by atoms with Gasteiger partial charge in [-0.1, -0.05) is 12.1 Å². The predicted molar refractivity (Wildman–Crippen MR) is 71.9 cm³/mol. The van der Waals surface area contributed by atoms with Crippen LogP contribution in [-0.4, -0.2) is 12.5 Å². The number of anilines is 1. The van der Waals surface area contributed by atoms with E-state index in [2.05, 4.69) is 16.7 Å². The van der Waals surface area contributed by atoms with Gasteiger partial charge in [-0.25, -0.2) is 0 Å². The molecule has 1 aromatic carbocycles. The Morgan fingerprint density at radius 1 is 1.44 bits per heavy atom. The molecule has 2 unspecified atom stereocenters. The number of nitrogens with zero attached hydrogens (tertiary/aromatic N) is 1. The number of hydrogen-bond acceptors (Lipinski definition) is 3. The first-order valence-corrected chi connectivity index (χ1v) is 6.03. The smallest absolute Gasteiger partial charge is 0.221 e. The third-order valence-electron chi connectivity index (χ3n) is 2.66. The van der Waals surface area contributed by atoms with Crippen molar-refractivity contribution in [2.24, 2.45) is 5.92 Å². The minimum absolute atomic E-state index is 0.00835. The maximum atomic E-state index is 11.0. The predicted octanol–water partition coefficient (Wildman–Crippen LogP) is 2.46. The van der Waals surface area contributed by atoms with Gasteiger partial charge < -0.3 is 10.6 Å². The average molecular weight is 245 g/mol. The van der Waals surface area contributed by atoms with E-state index in [-0.39, 0.29) is 17.9 Å². The van der Waals surface area contributed by atoms with Crippen molar-refractivity contribution in [1.82, 2.24) is 5.32 Å². The highest BCUT2D eigenvalue weighted by Crippen LogP contribution is 2.17. The van der Waals surface area contributed by atoms with Crippen LogP contribution < -0.4 is 10.6 Å². The molecule has 1 rings (SSSR count). The van der Waals surface area contributed by atoms with Crippen molar-refractivity contribution in [3.8, 4) is 6.07 Å². The van der Waals surface area contributed by atoms with Gasteiger partial charge in [0.2, 0.25) is 5.91 Å². The third kappa shape index (κ3) is 4.56. The van der Waals surface area contributed by atoms with Crippen LogP contribution >= 0.6 is 0 Å². The first kappa shape index (κ1) is 14.2. The van der Waals surface area contributed by atoms with Gasteiger partial charge >= 0.3 is 0 Å². The molecule has 0 fully saturated rings. The number of carbonyl (C=O) groups is 1. The van der Waals surface area contributed by atoms with Gasteiger partial charge in [0.15, 0.2) is 0 Å². The number of nitrogens with one attached hydrogen (secondary N) is 2. The first-order chi connectivity index (χ1) is 8.52. The highest BCUT2D eigenvalue weighted by Gasteiger charge is 2.07. The standard InChI is InChI=1S/C14H19N3O/c1-10(8-15)9-16-11(2)13-5-4-6-14(7-13)17-12(3)18/h4-7,10-11,16H,9H2,1-3H3,(H,17,18). The van der Waals surface area contributed by atoms with E-state index >= 15 is 0 Å². The van der Waals surface area contributed by atoms with Crippen LogP contribution in [0.15, 0.2) is 24.3 Å². The lowest BCUT2D eigenvalue weighted by molar-refractivity contribution is -0.114. The zero-order valence-electron chi connectivity index (χ0n) is 11.0. The average Bonchev–Trinajstić information content (AvgIpc) is 2.35. The van der Waals surface area contributed by atoms with Crippen LogP contribution in [0.3, 0.4) is 0 Å². The number of nitriles is 1. The molecule has 0 spiro atoms. The molecule has 0 radical (unpaired) electrons. The maximum absolute atomic E-state index is 11.0. The fourth-order valence-corrected chi connectivity index (χ4v) is 1.61. The molecular weight excluding hydrogens is 226 g/mol. The first-order valence-electron chi connectivity index (χ1n) is 6.03. The topological polar surface area (TPSA) is 64.9 Å². The Balaban J connectivity index is 2.65. The van der Waals surface area contributed by atoms with Gasteiger partial charge in [0.05, 0.1) is 12.0 Å². The highest BCUT2D eigenvalue weighted by atomic mass is 16.1. The summed E-state index contributed by atoms with van der Waals surface area (Å²) in [5.74, 6) is -0.0863. The van der Waals surface area contributed by atoms with Crippen molar-refractivity contribution in [2.45, 2.75) is 26.8 Å². The second-order valence-corrected chi connectivity index (χ2v) is 4.47. The van der Waals surface area contributed by atoms with Crippen LogP contribution in [-0.2, 0) is 4.79 Å². The third-order valence-corrected chi connectivity index (χ3v) is 2.66. The van der Waals surface area contributed by atoms with Crippen molar-refractivity contribution in [3.05, 3.63) is 29.8 Å². The minimum atomic E-state index is -0.0779. The normalized spacial score (nSPS) is 13.4. The Labute approximate surface area is 108 Å². The van der Waals surface area contributed by atoms with E-state index in [1.807, 2.05) is 38.1 Å². The van der Waals surface area contributed by atoms with E-state index in [9.17, 15) is 4.79 Å². The molecule has 1 amide bonds. The van der Waals surface area contributed by atoms with Crippen LogP contribution in [0.1, 0.15) is 32.4 Å².